The lowest BCUT2D eigenvalue weighted by Crippen LogP contribution is -2.54. The Balaban J connectivity index is 1.22. The van der Waals surface area contributed by atoms with Crippen molar-refractivity contribution in [1.82, 2.24) is 25.3 Å². The number of benzene rings is 1. The smallest absolute Gasteiger partial charge is 0.408 e. The van der Waals surface area contributed by atoms with E-state index in [0.717, 1.165) is 78.3 Å². The molecule has 1 unspecified atom stereocenters. The lowest BCUT2D eigenvalue weighted by Gasteiger charge is -2.40. The molecule has 2 fully saturated rings. The zero-order valence-corrected chi connectivity index (χ0v) is 27.5. The lowest BCUT2D eigenvalue weighted by atomic mass is 9.92. The SMILES string of the molecule is Cc1c(N2CCC(c3ccc4cccnc4n3)CC2)nc(C2CC2)nc1N(CC(NC(=O)OCc1ccccc1)C(=O)O)C(C)(C)C. The van der Waals surface area contributed by atoms with Crippen LogP contribution in [0.5, 0.6) is 0 Å². The average molecular weight is 638 g/mol. The zero-order chi connectivity index (χ0) is 33.1. The average Bonchev–Trinajstić information content (AvgIpc) is 3.92. The van der Waals surface area contributed by atoms with Gasteiger partial charge < -0.3 is 25.0 Å². The van der Waals surface area contributed by atoms with Crippen molar-refractivity contribution in [2.24, 2.45) is 0 Å². The van der Waals surface area contributed by atoms with Gasteiger partial charge in [0.25, 0.3) is 0 Å². The van der Waals surface area contributed by atoms with Crippen LogP contribution in [0.25, 0.3) is 11.0 Å². The number of nitrogens with one attached hydrogen (secondary N) is 1. The number of aromatic nitrogens is 4. The molecule has 47 heavy (non-hydrogen) atoms. The first-order valence-electron chi connectivity index (χ1n) is 16.4. The van der Waals surface area contributed by atoms with Crippen LogP contribution in [0.2, 0.25) is 0 Å². The molecule has 11 nitrogen and oxygen atoms in total. The van der Waals surface area contributed by atoms with E-state index in [1.54, 1.807) is 6.20 Å². The molecule has 11 heteroatoms. The molecule has 0 spiro atoms. The van der Waals surface area contributed by atoms with Crippen molar-refractivity contribution in [2.45, 2.75) is 83.4 Å². The van der Waals surface area contributed by atoms with E-state index in [9.17, 15) is 14.7 Å². The number of carbonyl (C=O) groups excluding carboxylic acids is 1. The molecule has 1 aromatic carbocycles. The van der Waals surface area contributed by atoms with E-state index < -0.39 is 23.6 Å². The molecule has 1 aliphatic heterocycles. The van der Waals surface area contributed by atoms with Crippen LogP contribution < -0.4 is 15.1 Å². The molecule has 4 aromatic rings. The van der Waals surface area contributed by atoms with E-state index in [1.807, 2.05) is 75.1 Å². The summed E-state index contributed by atoms with van der Waals surface area (Å²) < 4.78 is 5.35. The summed E-state index contributed by atoms with van der Waals surface area (Å²) in [5.74, 6) is 1.85. The number of rotatable bonds is 10. The first-order chi connectivity index (χ1) is 22.6. The van der Waals surface area contributed by atoms with Gasteiger partial charge in [-0.15, -0.1) is 0 Å². The van der Waals surface area contributed by atoms with Crippen molar-refractivity contribution in [3.63, 3.8) is 0 Å². The Kier molecular flexibility index (Phi) is 9.24. The normalized spacial score (nSPS) is 16.1. The van der Waals surface area contributed by atoms with E-state index in [-0.39, 0.29) is 13.2 Å². The quantitative estimate of drug-likeness (QED) is 0.214. The van der Waals surface area contributed by atoms with Gasteiger partial charge in [0, 0.05) is 53.3 Å². The molecule has 0 bridgehead atoms. The summed E-state index contributed by atoms with van der Waals surface area (Å²) in [6, 6.07) is 16.2. The van der Waals surface area contributed by atoms with Gasteiger partial charge in [-0.05, 0) is 83.2 Å². The standard InChI is InChI=1S/C36H43N7O4/c1-23-32(42-19-16-25(17-20-42)28-15-14-26-11-8-18-37-30(26)38-28)40-31(27-12-13-27)41-33(23)43(36(2,3)4)21-29(34(44)45)39-35(46)47-22-24-9-6-5-7-10-24/h5-11,14-15,18,25,27,29H,12-13,16-17,19-22H2,1-4H3,(H,39,46)(H,44,45). The second-order valence-electron chi connectivity index (χ2n) is 13.6. The number of anilines is 2. The fourth-order valence-electron chi connectivity index (χ4n) is 6.14. The van der Waals surface area contributed by atoms with Crippen molar-refractivity contribution in [1.29, 1.82) is 0 Å². The van der Waals surface area contributed by atoms with Gasteiger partial charge in [-0.25, -0.2) is 29.5 Å². The number of carboxylic acids is 1. The molecule has 6 rings (SSSR count). The third-order valence-corrected chi connectivity index (χ3v) is 8.99. The summed E-state index contributed by atoms with van der Waals surface area (Å²) in [7, 11) is 0. The summed E-state index contributed by atoms with van der Waals surface area (Å²) in [5.41, 5.74) is 3.05. The summed E-state index contributed by atoms with van der Waals surface area (Å²) in [4.78, 5) is 48.9. The molecule has 1 atom stereocenters. The minimum absolute atomic E-state index is 0.00438. The third-order valence-electron chi connectivity index (χ3n) is 8.99. The number of amides is 1. The lowest BCUT2D eigenvalue weighted by molar-refractivity contribution is -0.139. The number of carbonyl (C=O) groups is 2. The van der Waals surface area contributed by atoms with Crippen LogP contribution >= 0.6 is 0 Å². The molecule has 0 radical (unpaired) electrons. The number of aliphatic carboxylic acids is 1. The number of hydrogen-bond acceptors (Lipinski definition) is 9. The largest absolute Gasteiger partial charge is 0.480 e. The summed E-state index contributed by atoms with van der Waals surface area (Å²) in [6.07, 6.45) is 4.93. The Morgan fingerprint density at radius 2 is 1.72 bits per heavy atom. The molecule has 1 saturated heterocycles. The van der Waals surface area contributed by atoms with Gasteiger partial charge in [-0.2, -0.15) is 0 Å². The van der Waals surface area contributed by atoms with Gasteiger partial charge in [0.05, 0.1) is 6.54 Å². The van der Waals surface area contributed by atoms with Gasteiger partial charge >= 0.3 is 12.1 Å². The van der Waals surface area contributed by atoms with Crippen LogP contribution in [0.4, 0.5) is 16.4 Å². The van der Waals surface area contributed by atoms with Crippen LogP contribution in [0.1, 0.15) is 80.9 Å². The van der Waals surface area contributed by atoms with Crippen LogP contribution in [0, 0.1) is 6.92 Å². The number of hydrogen-bond donors (Lipinski definition) is 2. The summed E-state index contributed by atoms with van der Waals surface area (Å²) >= 11 is 0. The first-order valence-corrected chi connectivity index (χ1v) is 16.4. The van der Waals surface area contributed by atoms with Gasteiger partial charge in [0.1, 0.15) is 30.1 Å². The summed E-state index contributed by atoms with van der Waals surface area (Å²) in [6.45, 7) is 9.76. The molecule has 4 heterocycles. The molecule has 3 aromatic heterocycles. The van der Waals surface area contributed by atoms with Crippen molar-refractivity contribution < 1.29 is 19.4 Å². The van der Waals surface area contributed by atoms with Crippen molar-refractivity contribution in [2.75, 3.05) is 29.4 Å². The van der Waals surface area contributed by atoms with Crippen LogP contribution in [-0.4, -0.2) is 68.3 Å². The minimum Gasteiger partial charge on any atom is -0.480 e. The highest BCUT2D eigenvalue weighted by Crippen LogP contribution is 2.42. The highest BCUT2D eigenvalue weighted by atomic mass is 16.5. The predicted molar refractivity (Wildman–Crippen MR) is 181 cm³/mol. The number of carboxylic acid groups (broad SMARTS) is 1. The van der Waals surface area contributed by atoms with Crippen molar-refractivity contribution in [3.05, 3.63) is 83.4 Å². The van der Waals surface area contributed by atoms with Gasteiger partial charge in [-0.3, -0.25) is 0 Å². The fraction of sp³-hybridized carbons (Fsp3) is 0.444. The van der Waals surface area contributed by atoms with Crippen LogP contribution in [0.3, 0.4) is 0 Å². The molecule has 1 amide bonds. The molecule has 2 N–H and O–H groups in total. The van der Waals surface area contributed by atoms with Gasteiger partial charge in [-0.1, -0.05) is 30.3 Å². The van der Waals surface area contributed by atoms with E-state index >= 15 is 0 Å². The number of fused-ring (bicyclic) bond motifs is 1. The Morgan fingerprint density at radius 1 is 0.979 bits per heavy atom. The van der Waals surface area contributed by atoms with Gasteiger partial charge in [0.15, 0.2) is 5.65 Å². The Morgan fingerprint density at radius 3 is 2.40 bits per heavy atom. The van der Waals surface area contributed by atoms with Crippen LogP contribution in [-0.2, 0) is 16.1 Å². The predicted octanol–water partition coefficient (Wildman–Crippen LogP) is 5.97. The zero-order valence-electron chi connectivity index (χ0n) is 27.5. The number of nitrogens with zero attached hydrogens (tertiary/aromatic N) is 6. The Bertz CT molecular complexity index is 1730. The number of alkyl carbamates (subject to hydrolysis) is 1. The monoisotopic (exact) mass is 637 g/mol. The molecule has 2 aliphatic rings. The maximum absolute atomic E-state index is 12.7. The second kappa shape index (κ2) is 13.5. The highest BCUT2D eigenvalue weighted by molar-refractivity contribution is 5.81. The number of ether oxygens (including phenoxy) is 1. The fourth-order valence-corrected chi connectivity index (χ4v) is 6.14. The minimum atomic E-state index is -1.22. The van der Waals surface area contributed by atoms with Crippen LogP contribution in [0.15, 0.2) is 60.8 Å². The highest BCUT2D eigenvalue weighted by Gasteiger charge is 2.36. The number of pyridine rings is 2. The second-order valence-corrected chi connectivity index (χ2v) is 13.6. The van der Waals surface area contributed by atoms with Gasteiger partial charge in [0.2, 0.25) is 0 Å². The molecule has 1 aliphatic carbocycles. The maximum Gasteiger partial charge on any atom is 0.408 e. The van der Waals surface area contributed by atoms with Crippen molar-refractivity contribution in [3.8, 4) is 0 Å². The topological polar surface area (TPSA) is 134 Å². The van der Waals surface area contributed by atoms with E-state index in [4.69, 9.17) is 19.7 Å². The maximum atomic E-state index is 12.7. The Labute approximate surface area is 275 Å². The van der Waals surface area contributed by atoms with E-state index in [1.165, 1.54) is 0 Å². The molecular formula is C36H43N7O4. The summed E-state index contributed by atoms with van der Waals surface area (Å²) in [5, 5.41) is 13.8. The molecule has 246 valence electrons. The number of piperidine rings is 1. The Hall–Kier alpha value is -4.80. The first kappa shape index (κ1) is 32.2. The van der Waals surface area contributed by atoms with Crippen molar-refractivity contribution >= 4 is 34.7 Å². The third kappa shape index (κ3) is 7.61. The van der Waals surface area contributed by atoms with E-state index in [2.05, 4.69) is 27.3 Å². The van der Waals surface area contributed by atoms with E-state index in [0.29, 0.717) is 17.7 Å². The molecular weight excluding hydrogens is 594 g/mol. The molecule has 1 saturated carbocycles.